The fourth-order valence-corrected chi connectivity index (χ4v) is 0.886. The smallest absolute Gasteiger partial charge is 0.308 e. The van der Waals surface area contributed by atoms with Gasteiger partial charge in [0, 0.05) is 0 Å². The molecule has 0 aromatic carbocycles. The third-order valence-corrected chi connectivity index (χ3v) is 1.85. The van der Waals surface area contributed by atoms with E-state index in [1.807, 2.05) is 13.8 Å². The first-order chi connectivity index (χ1) is 9.09. The van der Waals surface area contributed by atoms with Crippen molar-refractivity contribution in [2.75, 3.05) is 39.6 Å². The lowest BCUT2D eigenvalue weighted by molar-refractivity contribution is -0.149. The zero-order valence-corrected chi connectivity index (χ0v) is 11.8. The van der Waals surface area contributed by atoms with Gasteiger partial charge in [-0.3, -0.25) is 4.79 Å². The molecule has 0 spiro atoms. The van der Waals surface area contributed by atoms with Crippen molar-refractivity contribution in [3.05, 3.63) is 0 Å². The van der Waals surface area contributed by atoms with Gasteiger partial charge >= 0.3 is 5.97 Å². The van der Waals surface area contributed by atoms with Gasteiger partial charge in [-0.15, -0.1) is 0 Å². The molecule has 7 heteroatoms. The normalized spacial score (nSPS) is 9.05. The fourth-order valence-electron chi connectivity index (χ4n) is 0.886. The van der Waals surface area contributed by atoms with E-state index in [0.717, 1.165) is 12.8 Å². The molecular weight excluding hydrogens is 256 g/mol. The SMILES string of the molecule is CCC(CC)C(=O)OCCO.OCCO.OCCO. The molecule has 0 amide bonds. The van der Waals surface area contributed by atoms with E-state index in [9.17, 15) is 4.79 Å². The Hall–Kier alpha value is -0.730. The van der Waals surface area contributed by atoms with E-state index in [2.05, 4.69) is 0 Å². The van der Waals surface area contributed by atoms with Crippen LogP contribution in [-0.4, -0.2) is 71.1 Å². The summed E-state index contributed by atoms with van der Waals surface area (Å²) in [6.07, 6.45) is 1.61. The van der Waals surface area contributed by atoms with Crippen LogP contribution in [0.1, 0.15) is 26.7 Å². The minimum absolute atomic E-state index is 0.00144. The lowest BCUT2D eigenvalue weighted by Gasteiger charge is -2.10. The lowest BCUT2D eigenvalue weighted by Crippen LogP contribution is -2.17. The standard InChI is InChI=1S/C8H16O3.2C2H6O2/c1-3-7(4-2)8(10)11-6-5-9;2*3-1-2-4/h7,9H,3-6H2,1-2H3;2*3-4H,1-2H2. The number of esters is 1. The molecule has 118 valence electrons. The highest BCUT2D eigenvalue weighted by atomic mass is 16.5. The van der Waals surface area contributed by atoms with Gasteiger partial charge in [0.25, 0.3) is 0 Å². The van der Waals surface area contributed by atoms with Crippen LogP contribution < -0.4 is 0 Å². The first-order valence-corrected chi connectivity index (χ1v) is 6.30. The number of hydrogen-bond acceptors (Lipinski definition) is 7. The molecule has 19 heavy (non-hydrogen) atoms. The summed E-state index contributed by atoms with van der Waals surface area (Å²) >= 11 is 0. The van der Waals surface area contributed by atoms with Crippen molar-refractivity contribution in [1.29, 1.82) is 0 Å². The molecule has 0 aliphatic rings. The van der Waals surface area contributed by atoms with E-state index in [4.69, 9.17) is 30.3 Å². The number of carbonyl (C=O) groups is 1. The molecule has 0 heterocycles. The molecule has 0 radical (unpaired) electrons. The molecule has 0 saturated carbocycles. The van der Waals surface area contributed by atoms with Crippen LogP contribution in [0.15, 0.2) is 0 Å². The Kier molecular flexibility index (Phi) is 27.6. The molecule has 7 nitrogen and oxygen atoms in total. The summed E-state index contributed by atoms with van der Waals surface area (Å²) in [6, 6.07) is 0. The highest BCUT2D eigenvalue weighted by molar-refractivity contribution is 5.72. The van der Waals surface area contributed by atoms with Crippen molar-refractivity contribution >= 4 is 5.97 Å². The van der Waals surface area contributed by atoms with Gasteiger partial charge in [-0.25, -0.2) is 0 Å². The number of carbonyl (C=O) groups excluding carboxylic acids is 1. The molecule has 0 aliphatic carbocycles. The Bertz CT molecular complexity index is 152. The zero-order valence-electron chi connectivity index (χ0n) is 11.8. The fraction of sp³-hybridized carbons (Fsp3) is 0.917. The molecule has 0 aromatic rings. The Morgan fingerprint density at radius 1 is 0.842 bits per heavy atom. The molecule has 0 aliphatic heterocycles. The lowest BCUT2D eigenvalue weighted by atomic mass is 10.0. The van der Waals surface area contributed by atoms with Crippen molar-refractivity contribution < 1.29 is 35.1 Å². The molecular formula is C12H28O7. The van der Waals surface area contributed by atoms with Gasteiger partial charge in [-0.1, -0.05) is 13.8 Å². The van der Waals surface area contributed by atoms with E-state index in [1.54, 1.807) is 0 Å². The summed E-state index contributed by atoms with van der Waals surface area (Å²) in [4.78, 5) is 11.0. The maximum atomic E-state index is 11.0. The number of aliphatic hydroxyl groups excluding tert-OH is 5. The second-order valence-electron chi connectivity index (χ2n) is 3.30. The van der Waals surface area contributed by atoms with E-state index < -0.39 is 0 Å². The molecule has 0 fully saturated rings. The summed E-state index contributed by atoms with van der Waals surface area (Å²) in [5.41, 5.74) is 0. The van der Waals surface area contributed by atoms with Crippen LogP contribution in [0, 0.1) is 5.92 Å². The molecule has 0 saturated heterocycles. The highest BCUT2D eigenvalue weighted by Crippen LogP contribution is 2.08. The van der Waals surface area contributed by atoms with Crippen LogP contribution in [0.3, 0.4) is 0 Å². The van der Waals surface area contributed by atoms with Crippen molar-refractivity contribution in [2.45, 2.75) is 26.7 Å². The predicted octanol–water partition coefficient (Wildman–Crippen LogP) is -1.10. The third kappa shape index (κ3) is 22.9. The van der Waals surface area contributed by atoms with Crippen molar-refractivity contribution in [1.82, 2.24) is 0 Å². The summed E-state index contributed by atoms with van der Waals surface area (Å²) in [7, 11) is 0. The maximum absolute atomic E-state index is 11.0. The van der Waals surface area contributed by atoms with Gasteiger partial charge < -0.3 is 30.3 Å². The van der Waals surface area contributed by atoms with Crippen LogP contribution in [-0.2, 0) is 9.53 Å². The highest BCUT2D eigenvalue weighted by Gasteiger charge is 2.14. The number of rotatable bonds is 7. The first kappa shape index (κ1) is 23.4. The van der Waals surface area contributed by atoms with E-state index in [0.29, 0.717) is 0 Å². The molecule has 5 N–H and O–H groups in total. The summed E-state index contributed by atoms with van der Waals surface area (Å²) in [5, 5.41) is 38.9. The van der Waals surface area contributed by atoms with Crippen molar-refractivity contribution in [2.24, 2.45) is 5.92 Å². The number of hydrogen-bond donors (Lipinski definition) is 5. The second-order valence-corrected chi connectivity index (χ2v) is 3.30. The minimum Gasteiger partial charge on any atom is -0.463 e. The van der Waals surface area contributed by atoms with Crippen molar-refractivity contribution in [3.63, 3.8) is 0 Å². The Morgan fingerprint density at radius 3 is 1.42 bits per heavy atom. The average molecular weight is 284 g/mol. The van der Waals surface area contributed by atoms with Gasteiger partial charge in [-0.2, -0.15) is 0 Å². The van der Waals surface area contributed by atoms with Gasteiger partial charge in [0.15, 0.2) is 0 Å². The van der Waals surface area contributed by atoms with Crippen molar-refractivity contribution in [3.8, 4) is 0 Å². The summed E-state index contributed by atoms with van der Waals surface area (Å²) in [6.45, 7) is 3.43. The van der Waals surface area contributed by atoms with Crippen LogP contribution in [0.4, 0.5) is 0 Å². The molecule has 0 rings (SSSR count). The number of ether oxygens (including phenoxy) is 1. The van der Waals surface area contributed by atoms with E-state index in [1.165, 1.54) is 0 Å². The summed E-state index contributed by atoms with van der Waals surface area (Å²) in [5.74, 6) is -0.189. The molecule has 0 unspecified atom stereocenters. The van der Waals surface area contributed by atoms with Gasteiger partial charge in [0.2, 0.25) is 0 Å². The van der Waals surface area contributed by atoms with E-state index >= 15 is 0 Å². The van der Waals surface area contributed by atoms with Crippen LogP contribution in [0.25, 0.3) is 0 Å². The van der Waals surface area contributed by atoms with Crippen LogP contribution in [0.2, 0.25) is 0 Å². The van der Waals surface area contributed by atoms with Gasteiger partial charge in [0.1, 0.15) is 6.61 Å². The number of aliphatic hydroxyl groups is 5. The average Bonchev–Trinajstić information content (AvgIpc) is 2.46. The Morgan fingerprint density at radius 2 is 1.21 bits per heavy atom. The maximum Gasteiger partial charge on any atom is 0.308 e. The first-order valence-electron chi connectivity index (χ1n) is 6.30. The van der Waals surface area contributed by atoms with Crippen LogP contribution >= 0.6 is 0 Å². The minimum atomic E-state index is -0.191. The predicted molar refractivity (Wildman–Crippen MR) is 70.5 cm³/mol. The van der Waals surface area contributed by atoms with Crippen LogP contribution in [0.5, 0.6) is 0 Å². The molecule has 0 atom stereocenters. The zero-order chi connectivity index (χ0) is 15.5. The molecule has 0 aromatic heterocycles. The van der Waals surface area contributed by atoms with Gasteiger partial charge in [-0.05, 0) is 12.8 Å². The largest absolute Gasteiger partial charge is 0.463 e. The Labute approximate surface area is 114 Å². The Balaban J connectivity index is -0.000000264. The summed E-state index contributed by atoms with van der Waals surface area (Å²) < 4.78 is 4.75. The molecule has 0 bridgehead atoms. The quantitative estimate of drug-likeness (QED) is 0.375. The topological polar surface area (TPSA) is 127 Å². The monoisotopic (exact) mass is 284 g/mol. The second kappa shape index (κ2) is 22.5. The van der Waals surface area contributed by atoms with E-state index in [-0.39, 0.29) is 51.5 Å². The van der Waals surface area contributed by atoms with Gasteiger partial charge in [0.05, 0.1) is 39.0 Å². The third-order valence-electron chi connectivity index (χ3n) is 1.85.